The number of amides is 1. The molecule has 0 radical (unpaired) electrons. The van der Waals surface area contributed by atoms with Crippen LogP contribution in [0.15, 0.2) is 65.7 Å². The fraction of sp³-hybridized carbons (Fsp3) is 0.150. The van der Waals surface area contributed by atoms with Crippen LogP contribution in [0.4, 0.5) is 18.9 Å². The predicted molar refractivity (Wildman–Crippen MR) is 107 cm³/mol. The Labute approximate surface area is 178 Å². The van der Waals surface area contributed by atoms with Crippen LogP contribution < -0.4 is 15.6 Å². The Morgan fingerprint density at radius 2 is 1.78 bits per heavy atom. The van der Waals surface area contributed by atoms with E-state index in [2.05, 4.69) is 25.3 Å². The molecule has 0 fully saturated rings. The molecule has 0 aliphatic rings. The third-order valence-corrected chi connectivity index (χ3v) is 4.35. The lowest BCUT2D eigenvalue weighted by Crippen LogP contribution is -2.28. The van der Waals surface area contributed by atoms with E-state index in [4.69, 9.17) is 0 Å². The van der Waals surface area contributed by atoms with Crippen molar-refractivity contribution < 1.29 is 22.7 Å². The number of hydrogen-bond acceptors (Lipinski definition) is 6. The summed E-state index contributed by atoms with van der Waals surface area (Å²) in [5.74, 6) is -0.991. The van der Waals surface area contributed by atoms with Gasteiger partial charge in [-0.1, -0.05) is 35.5 Å². The van der Waals surface area contributed by atoms with Gasteiger partial charge in [0, 0.05) is 5.69 Å². The molecule has 1 N–H and O–H groups in total. The summed E-state index contributed by atoms with van der Waals surface area (Å²) >= 11 is 0. The molecule has 0 aliphatic carbocycles. The van der Waals surface area contributed by atoms with Crippen molar-refractivity contribution in [1.29, 1.82) is 0 Å². The molecule has 0 bridgehead atoms. The molecule has 9 nitrogen and oxygen atoms in total. The minimum absolute atomic E-state index is 0.0184. The standard InChI is InChI=1S/C20H15F3N6O3/c21-20(22,23)32-15-8-6-14(7-9-15)25-16(30)11-28-12-24-18-17(19(28)31)26-27-29(18)10-13-4-2-1-3-5-13/h1-9,12H,10-11H2,(H,25,30). The van der Waals surface area contributed by atoms with Gasteiger partial charge in [-0.05, 0) is 29.8 Å². The van der Waals surface area contributed by atoms with Gasteiger partial charge in [-0.25, -0.2) is 9.67 Å². The summed E-state index contributed by atoms with van der Waals surface area (Å²) in [6, 6.07) is 14.1. The van der Waals surface area contributed by atoms with Crippen molar-refractivity contribution in [1.82, 2.24) is 24.5 Å². The molecule has 2 heterocycles. The summed E-state index contributed by atoms with van der Waals surface area (Å²) in [5, 5.41) is 10.3. The lowest BCUT2D eigenvalue weighted by atomic mass is 10.2. The van der Waals surface area contributed by atoms with Crippen molar-refractivity contribution in [3.8, 4) is 5.75 Å². The van der Waals surface area contributed by atoms with E-state index in [0.717, 1.165) is 22.3 Å². The van der Waals surface area contributed by atoms with E-state index in [9.17, 15) is 22.8 Å². The number of anilines is 1. The zero-order valence-corrected chi connectivity index (χ0v) is 16.3. The fourth-order valence-electron chi connectivity index (χ4n) is 2.96. The molecule has 0 aliphatic heterocycles. The van der Waals surface area contributed by atoms with Crippen molar-refractivity contribution in [2.45, 2.75) is 19.5 Å². The highest BCUT2D eigenvalue weighted by molar-refractivity contribution is 5.90. The van der Waals surface area contributed by atoms with E-state index in [1.165, 1.54) is 23.1 Å². The number of nitrogens with one attached hydrogen (secondary N) is 1. The van der Waals surface area contributed by atoms with Crippen LogP contribution in [0.25, 0.3) is 11.2 Å². The average Bonchev–Trinajstić information content (AvgIpc) is 3.15. The smallest absolute Gasteiger partial charge is 0.406 e. The third kappa shape index (κ3) is 4.91. The lowest BCUT2D eigenvalue weighted by molar-refractivity contribution is -0.274. The Kier molecular flexibility index (Phi) is 5.58. The molecule has 0 saturated heterocycles. The van der Waals surface area contributed by atoms with Gasteiger partial charge in [0.15, 0.2) is 11.2 Å². The van der Waals surface area contributed by atoms with E-state index in [-0.39, 0.29) is 23.4 Å². The maximum Gasteiger partial charge on any atom is 0.573 e. The number of carbonyl (C=O) groups excluding carboxylic acids is 1. The average molecular weight is 444 g/mol. The van der Waals surface area contributed by atoms with Gasteiger partial charge in [-0.3, -0.25) is 14.2 Å². The van der Waals surface area contributed by atoms with Crippen LogP contribution in [0, 0.1) is 0 Å². The number of carbonyl (C=O) groups is 1. The van der Waals surface area contributed by atoms with Crippen LogP contribution in [0.1, 0.15) is 5.56 Å². The Morgan fingerprint density at radius 1 is 1.06 bits per heavy atom. The summed E-state index contributed by atoms with van der Waals surface area (Å²) in [7, 11) is 0. The van der Waals surface area contributed by atoms with Gasteiger partial charge in [0.25, 0.3) is 5.56 Å². The van der Waals surface area contributed by atoms with Crippen molar-refractivity contribution in [2.75, 3.05) is 5.32 Å². The quantitative estimate of drug-likeness (QED) is 0.490. The molecule has 0 spiro atoms. The number of benzene rings is 2. The van der Waals surface area contributed by atoms with Gasteiger partial charge in [-0.2, -0.15) is 0 Å². The summed E-state index contributed by atoms with van der Waals surface area (Å²) in [4.78, 5) is 29.1. The summed E-state index contributed by atoms with van der Waals surface area (Å²) in [5.41, 5.74) is 0.954. The molecule has 4 rings (SSSR count). The highest BCUT2D eigenvalue weighted by Gasteiger charge is 2.31. The highest BCUT2D eigenvalue weighted by atomic mass is 19.4. The van der Waals surface area contributed by atoms with Gasteiger partial charge in [0.2, 0.25) is 5.91 Å². The Bertz CT molecular complexity index is 1300. The summed E-state index contributed by atoms with van der Waals surface area (Å²) in [6.07, 6.45) is -3.59. The number of nitrogens with zero attached hydrogens (tertiary/aromatic N) is 5. The molecular formula is C20H15F3N6O3. The van der Waals surface area contributed by atoms with Crippen LogP contribution >= 0.6 is 0 Å². The molecule has 4 aromatic rings. The van der Waals surface area contributed by atoms with Gasteiger partial charge < -0.3 is 10.1 Å². The van der Waals surface area contributed by atoms with Gasteiger partial charge >= 0.3 is 6.36 Å². The molecule has 2 aromatic heterocycles. The molecule has 0 unspecified atom stereocenters. The SMILES string of the molecule is O=C(Cn1cnc2c(nnn2Cc2ccccc2)c1=O)Nc1ccc(OC(F)(F)F)cc1. The Morgan fingerprint density at radius 3 is 2.47 bits per heavy atom. The number of rotatable bonds is 6. The molecule has 164 valence electrons. The summed E-state index contributed by atoms with van der Waals surface area (Å²) in [6.45, 7) is 0.0104. The number of fused-ring (bicyclic) bond motifs is 1. The summed E-state index contributed by atoms with van der Waals surface area (Å²) < 4.78 is 43.0. The highest BCUT2D eigenvalue weighted by Crippen LogP contribution is 2.23. The molecular weight excluding hydrogens is 429 g/mol. The molecule has 0 atom stereocenters. The van der Waals surface area contributed by atoms with Gasteiger partial charge in [-0.15, -0.1) is 18.3 Å². The number of aromatic nitrogens is 5. The van der Waals surface area contributed by atoms with E-state index in [1.54, 1.807) is 0 Å². The van der Waals surface area contributed by atoms with Gasteiger partial charge in [0.1, 0.15) is 18.6 Å². The van der Waals surface area contributed by atoms with Crippen molar-refractivity contribution in [2.24, 2.45) is 0 Å². The molecule has 32 heavy (non-hydrogen) atoms. The first-order chi connectivity index (χ1) is 15.3. The lowest BCUT2D eigenvalue weighted by Gasteiger charge is -2.10. The first-order valence-electron chi connectivity index (χ1n) is 9.27. The van der Waals surface area contributed by atoms with Crippen LogP contribution in [0.2, 0.25) is 0 Å². The van der Waals surface area contributed by atoms with Crippen molar-refractivity contribution in [3.05, 3.63) is 76.8 Å². The molecule has 1 amide bonds. The Hall–Kier alpha value is -4.22. The van der Waals surface area contributed by atoms with Crippen molar-refractivity contribution >= 4 is 22.8 Å². The van der Waals surface area contributed by atoms with Crippen LogP contribution in [-0.2, 0) is 17.9 Å². The van der Waals surface area contributed by atoms with E-state index >= 15 is 0 Å². The second-order valence-electron chi connectivity index (χ2n) is 6.70. The van der Waals surface area contributed by atoms with E-state index in [0.29, 0.717) is 6.54 Å². The van der Waals surface area contributed by atoms with E-state index in [1.807, 2.05) is 30.3 Å². The van der Waals surface area contributed by atoms with Gasteiger partial charge in [0.05, 0.1) is 6.54 Å². The second-order valence-corrected chi connectivity index (χ2v) is 6.70. The zero-order chi connectivity index (χ0) is 22.7. The molecule has 2 aromatic carbocycles. The normalized spacial score (nSPS) is 11.5. The first kappa shape index (κ1) is 21.0. The zero-order valence-electron chi connectivity index (χ0n) is 16.3. The van der Waals surface area contributed by atoms with Crippen LogP contribution in [-0.4, -0.2) is 36.8 Å². The minimum Gasteiger partial charge on any atom is -0.406 e. The number of hydrogen-bond donors (Lipinski definition) is 1. The molecule has 12 heteroatoms. The maximum atomic E-state index is 12.7. The fourth-order valence-corrected chi connectivity index (χ4v) is 2.96. The van der Waals surface area contributed by atoms with Crippen LogP contribution in [0.5, 0.6) is 5.75 Å². The van der Waals surface area contributed by atoms with Crippen molar-refractivity contribution in [3.63, 3.8) is 0 Å². The molecule has 0 saturated carbocycles. The van der Waals surface area contributed by atoms with Crippen LogP contribution in [0.3, 0.4) is 0 Å². The Balaban J connectivity index is 1.45. The second kappa shape index (κ2) is 8.49. The number of ether oxygens (including phenoxy) is 1. The number of alkyl halides is 3. The largest absolute Gasteiger partial charge is 0.573 e. The van der Waals surface area contributed by atoms with E-state index < -0.39 is 23.6 Å². The predicted octanol–water partition coefficient (Wildman–Crippen LogP) is 2.57. The number of halogens is 3. The topological polar surface area (TPSA) is 104 Å². The maximum absolute atomic E-state index is 12.7. The third-order valence-electron chi connectivity index (χ3n) is 4.35. The first-order valence-corrected chi connectivity index (χ1v) is 9.27. The monoisotopic (exact) mass is 444 g/mol. The minimum atomic E-state index is -4.81.